The van der Waals surface area contributed by atoms with Gasteiger partial charge in [0, 0.05) is 55.6 Å². The Bertz CT molecular complexity index is 1210. The maximum atomic E-state index is 13.3. The highest BCUT2D eigenvalue weighted by Crippen LogP contribution is 2.50. The van der Waals surface area contributed by atoms with Crippen LogP contribution in [-0.2, 0) is 12.1 Å². The van der Waals surface area contributed by atoms with Gasteiger partial charge in [-0.1, -0.05) is 24.3 Å². The molecule has 1 aliphatic carbocycles. The SMILES string of the molecule is CCN(C(=O)c1ccc(NC(=O)NCC2CC2)cc1)C1CCN(Cc2ccc(C(O)(C(F)(F)F)C(F)(F)F)cc2)CC1. The second-order valence-electron chi connectivity index (χ2n) is 10.9. The van der Waals surface area contributed by atoms with E-state index < -0.39 is 23.5 Å². The number of piperidine rings is 1. The molecule has 0 radical (unpaired) electrons. The molecule has 2 fully saturated rings. The molecule has 1 aliphatic heterocycles. The number of halogens is 6. The molecule has 0 bridgehead atoms. The number of aliphatic hydroxyl groups is 1. The summed E-state index contributed by atoms with van der Waals surface area (Å²) in [5.41, 5.74) is -4.68. The van der Waals surface area contributed by atoms with Crippen LogP contribution in [-0.4, -0.2) is 71.4 Å². The zero-order valence-electron chi connectivity index (χ0n) is 23.1. The van der Waals surface area contributed by atoms with Gasteiger partial charge in [-0.2, -0.15) is 26.3 Å². The lowest BCUT2D eigenvalue weighted by molar-refractivity contribution is -0.376. The Morgan fingerprint density at radius 1 is 0.905 bits per heavy atom. The van der Waals surface area contributed by atoms with Crippen molar-refractivity contribution in [2.45, 2.75) is 63.1 Å². The number of nitrogens with one attached hydrogen (secondary N) is 2. The summed E-state index contributed by atoms with van der Waals surface area (Å²) in [6, 6.07) is 9.97. The number of carbonyl (C=O) groups is 2. The van der Waals surface area contributed by atoms with Crippen molar-refractivity contribution >= 4 is 17.6 Å². The summed E-state index contributed by atoms with van der Waals surface area (Å²) in [7, 11) is 0. The largest absolute Gasteiger partial charge is 0.430 e. The van der Waals surface area contributed by atoms with Gasteiger partial charge in [-0.3, -0.25) is 9.69 Å². The quantitative estimate of drug-likeness (QED) is 0.325. The molecule has 1 saturated heterocycles. The van der Waals surface area contributed by atoms with E-state index in [0.29, 0.717) is 80.4 Å². The van der Waals surface area contributed by atoms with E-state index in [1.807, 2.05) is 11.8 Å². The molecule has 0 atom stereocenters. The number of anilines is 1. The number of hydrogen-bond acceptors (Lipinski definition) is 4. The van der Waals surface area contributed by atoms with E-state index in [2.05, 4.69) is 10.6 Å². The summed E-state index contributed by atoms with van der Waals surface area (Å²) in [4.78, 5) is 29.0. The molecule has 0 unspecified atom stereocenters. The molecule has 42 heavy (non-hydrogen) atoms. The molecule has 4 rings (SSSR count). The third-order valence-electron chi connectivity index (χ3n) is 7.84. The Balaban J connectivity index is 1.30. The molecule has 0 aromatic heterocycles. The van der Waals surface area contributed by atoms with Gasteiger partial charge in [0.2, 0.25) is 0 Å². The smallest absolute Gasteiger partial charge is 0.369 e. The van der Waals surface area contributed by atoms with Gasteiger partial charge in [-0.25, -0.2) is 4.79 Å². The van der Waals surface area contributed by atoms with Crippen molar-refractivity contribution in [1.29, 1.82) is 0 Å². The standard InChI is InChI=1S/C29H34F6N4O3/c1-2-39(25(40)21-7-11-23(12-8-21)37-26(41)36-17-19-3-4-19)24-13-15-38(16-14-24)18-20-5-9-22(10-6-20)27(42,28(30,31)32)29(33,34)35/h5-12,19,24,42H,2-4,13-18H2,1H3,(H2,36,37,41). The summed E-state index contributed by atoms with van der Waals surface area (Å²) < 4.78 is 78.9. The number of nitrogens with zero attached hydrogens (tertiary/aromatic N) is 2. The van der Waals surface area contributed by atoms with Gasteiger partial charge < -0.3 is 20.6 Å². The molecular formula is C29H34F6N4O3. The van der Waals surface area contributed by atoms with Crippen molar-refractivity contribution in [3.05, 3.63) is 65.2 Å². The normalized spacial score (nSPS) is 17.1. The van der Waals surface area contributed by atoms with Gasteiger partial charge in [-0.15, -0.1) is 0 Å². The van der Waals surface area contributed by atoms with Crippen LogP contribution in [0.15, 0.2) is 48.5 Å². The Kier molecular flexibility index (Phi) is 9.41. The van der Waals surface area contributed by atoms with Crippen molar-refractivity contribution < 1.29 is 41.0 Å². The molecule has 13 heteroatoms. The van der Waals surface area contributed by atoms with E-state index in [-0.39, 0.29) is 18.0 Å². The number of likely N-dealkylation sites (tertiary alicyclic amines) is 1. The Morgan fingerprint density at radius 2 is 1.48 bits per heavy atom. The van der Waals surface area contributed by atoms with E-state index >= 15 is 0 Å². The first kappa shape index (κ1) is 31.6. The van der Waals surface area contributed by atoms with Crippen LogP contribution in [0.3, 0.4) is 0 Å². The molecular weight excluding hydrogens is 566 g/mol. The molecule has 1 heterocycles. The number of hydrogen-bond donors (Lipinski definition) is 3. The van der Waals surface area contributed by atoms with Gasteiger partial charge in [-0.05, 0) is 68.4 Å². The van der Waals surface area contributed by atoms with E-state index in [9.17, 15) is 41.0 Å². The average molecular weight is 601 g/mol. The highest BCUT2D eigenvalue weighted by atomic mass is 19.4. The minimum Gasteiger partial charge on any atom is -0.369 e. The van der Waals surface area contributed by atoms with Crippen LogP contribution in [0.5, 0.6) is 0 Å². The molecule has 3 amide bonds. The Hall–Kier alpha value is -3.32. The first-order valence-corrected chi connectivity index (χ1v) is 13.9. The maximum Gasteiger partial charge on any atom is 0.430 e. The zero-order valence-corrected chi connectivity index (χ0v) is 23.1. The first-order chi connectivity index (χ1) is 19.7. The predicted octanol–water partition coefficient (Wildman–Crippen LogP) is 5.66. The molecule has 3 N–H and O–H groups in total. The lowest BCUT2D eigenvalue weighted by atomic mass is 9.91. The van der Waals surface area contributed by atoms with Gasteiger partial charge >= 0.3 is 18.4 Å². The number of amides is 3. The van der Waals surface area contributed by atoms with E-state index in [4.69, 9.17) is 0 Å². The fraction of sp³-hybridized carbons (Fsp3) is 0.517. The topological polar surface area (TPSA) is 84.9 Å². The second kappa shape index (κ2) is 12.5. The van der Waals surface area contributed by atoms with Crippen molar-refractivity contribution in [3.8, 4) is 0 Å². The molecule has 1 saturated carbocycles. The maximum absolute atomic E-state index is 13.3. The van der Waals surface area contributed by atoms with E-state index in [1.165, 1.54) is 0 Å². The zero-order chi connectivity index (χ0) is 30.7. The lowest BCUT2D eigenvalue weighted by Crippen LogP contribution is -2.53. The fourth-order valence-electron chi connectivity index (χ4n) is 5.15. The van der Waals surface area contributed by atoms with Crippen molar-refractivity contribution in [1.82, 2.24) is 15.1 Å². The molecule has 230 valence electrons. The van der Waals surface area contributed by atoms with Crippen molar-refractivity contribution in [2.75, 3.05) is 31.5 Å². The number of rotatable bonds is 9. The molecule has 2 aliphatic rings. The number of carbonyl (C=O) groups excluding carboxylic acids is 2. The van der Waals surface area contributed by atoms with Crippen LogP contribution in [0.2, 0.25) is 0 Å². The Labute approximate surface area is 239 Å². The summed E-state index contributed by atoms with van der Waals surface area (Å²) >= 11 is 0. The first-order valence-electron chi connectivity index (χ1n) is 13.9. The van der Waals surface area contributed by atoms with Crippen LogP contribution in [0.4, 0.5) is 36.8 Å². The number of urea groups is 1. The highest BCUT2D eigenvalue weighted by molar-refractivity contribution is 5.95. The van der Waals surface area contributed by atoms with Crippen molar-refractivity contribution in [2.24, 2.45) is 5.92 Å². The monoisotopic (exact) mass is 600 g/mol. The third-order valence-corrected chi connectivity index (χ3v) is 7.84. The van der Waals surface area contributed by atoms with Gasteiger partial charge in [0.15, 0.2) is 0 Å². The van der Waals surface area contributed by atoms with Crippen LogP contribution in [0.25, 0.3) is 0 Å². The highest BCUT2D eigenvalue weighted by Gasteiger charge is 2.71. The lowest BCUT2D eigenvalue weighted by Gasteiger charge is -2.38. The second-order valence-corrected chi connectivity index (χ2v) is 10.9. The molecule has 2 aromatic carbocycles. The summed E-state index contributed by atoms with van der Waals surface area (Å²) in [6.07, 6.45) is -8.32. The minimum atomic E-state index is -5.93. The summed E-state index contributed by atoms with van der Waals surface area (Å²) in [5, 5.41) is 15.1. The third kappa shape index (κ3) is 7.17. The van der Waals surface area contributed by atoms with Crippen molar-refractivity contribution in [3.63, 3.8) is 0 Å². The van der Waals surface area contributed by atoms with Gasteiger partial charge in [0.25, 0.3) is 11.5 Å². The summed E-state index contributed by atoms with van der Waals surface area (Å²) in [6.45, 7) is 4.46. The molecule has 0 spiro atoms. The number of benzene rings is 2. The van der Waals surface area contributed by atoms with Crippen LogP contribution in [0.1, 0.15) is 54.1 Å². The van der Waals surface area contributed by atoms with Gasteiger partial charge in [0.1, 0.15) is 0 Å². The average Bonchev–Trinajstić information content (AvgIpc) is 3.77. The van der Waals surface area contributed by atoms with Crippen LogP contribution >= 0.6 is 0 Å². The minimum absolute atomic E-state index is 0.0410. The molecule has 7 nitrogen and oxygen atoms in total. The number of alkyl halides is 6. The molecule has 2 aromatic rings. The Morgan fingerprint density at radius 3 is 1.98 bits per heavy atom. The predicted molar refractivity (Wildman–Crippen MR) is 144 cm³/mol. The van der Waals surface area contributed by atoms with E-state index in [0.717, 1.165) is 25.0 Å². The van der Waals surface area contributed by atoms with Crippen LogP contribution in [0, 0.1) is 5.92 Å². The van der Waals surface area contributed by atoms with Crippen LogP contribution < -0.4 is 10.6 Å². The fourth-order valence-corrected chi connectivity index (χ4v) is 5.15. The van der Waals surface area contributed by atoms with E-state index in [1.54, 1.807) is 29.2 Å². The summed E-state index contributed by atoms with van der Waals surface area (Å²) in [5.74, 6) is 0.420. The van der Waals surface area contributed by atoms with Gasteiger partial charge in [0.05, 0.1) is 0 Å².